The van der Waals surface area contributed by atoms with Crippen molar-refractivity contribution in [1.82, 2.24) is 20.8 Å². The average molecular weight is 473 g/mol. The van der Waals surface area contributed by atoms with Gasteiger partial charge >= 0.3 is 6.03 Å². The van der Waals surface area contributed by atoms with Gasteiger partial charge in [-0.1, -0.05) is 24.3 Å². The number of hydrogen-bond acceptors (Lipinski definition) is 4. The first-order chi connectivity index (χ1) is 16.9. The zero-order chi connectivity index (χ0) is 24.5. The predicted molar refractivity (Wildman–Crippen MR) is 130 cm³/mol. The maximum atomic E-state index is 15.1. The van der Waals surface area contributed by atoms with Crippen LogP contribution >= 0.6 is 0 Å². The molecule has 5 rings (SSSR count). The molecule has 0 saturated carbocycles. The molecule has 9 heteroatoms. The van der Waals surface area contributed by atoms with Gasteiger partial charge in [0.25, 0.3) is 5.56 Å². The number of amidine groups is 1. The molecule has 0 aliphatic carbocycles. The van der Waals surface area contributed by atoms with Gasteiger partial charge in [-0.25, -0.2) is 23.7 Å². The Bertz CT molecular complexity index is 1560. The summed E-state index contributed by atoms with van der Waals surface area (Å²) in [5.74, 6) is -0.760. The molecule has 0 spiro atoms. The lowest BCUT2D eigenvalue weighted by atomic mass is 9.97. The molecule has 2 amide bonds. The Balaban J connectivity index is 1.49. The summed E-state index contributed by atoms with van der Waals surface area (Å²) in [4.78, 5) is 28.2. The average Bonchev–Trinajstić information content (AvgIpc) is 3.22. The highest BCUT2D eigenvalue weighted by molar-refractivity contribution is 6.02. The Hall–Kier alpha value is -4.40. The van der Waals surface area contributed by atoms with E-state index in [1.165, 1.54) is 18.2 Å². The fourth-order valence-corrected chi connectivity index (χ4v) is 4.22. The number of halogens is 2. The van der Waals surface area contributed by atoms with Crippen LogP contribution in [0.25, 0.3) is 21.9 Å². The molecular weight excluding hydrogens is 452 g/mol. The number of benzene rings is 3. The molecule has 35 heavy (non-hydrogen) atoms. The van der Waals surface area contributed by atoms with Gasteiger partial charge in [0.05, 0.1) is 16.8 Å². The van der Waals surface area contributed by atoms with E-state index in [1.54, 1.807) is 31.2 Å². The molecule has 7 nitrogen and oxygen atoms in total. The number of nitrogens with zero attached hydrogens (tertiary/aromatic N) is 2. The number of amides is 2. The van der Waals surface area contributed by atoms with E-state index in [4.69, 9.17) is 0 Å². The lowest BCUT2D eigenvalue weighted by molar-refractivity contribution is 0.245. The first kappa shape index (κ1) is 22.4. The smallest absolute Gasteiger partial charge is 0.320 e. The van der Waals surface area contributed by atoms with E-state index < -0.39 is 11.6 Å². The number of nitrogens with one attached hydrogen (secondary N) is 3. The molecular formula is C26H21F2N5O2. The number of aliphatic imine (C=N–C) groups is 1. The zero-order valence-electron chi connectivity index (χ0n) is 18.8. The fraction of sp³-hybridized carbons (Fsp3) is 0.154. The highest BCUT2D eigenvalue weighted by Crippen LogP contribution is 2.35. The number of rotatable bonds is 4. The third kappa shape index (κ3) is 4.40. The van der Waals surface area contributed by atoms with Crippen molar-refractivity contribution >= 4 is 28.3 Å². The largest absolute Gasteiger partial charge is 0.338 e. The Morgan fingerprint density at radius 3 is 2.60 bits per heavy atom. The molecule has 4 aromatic rings. The molecule has 0 atom stereocenters. The number of aromatic amines is 1. The van der Waals surface area contributed by atoms with E-state index in [1.807, 2.05) is 12.1 Å². The van der Waals surface area contributed by atoms with Crippen molar-refractivity contribution in [3.05, 3.63) is 93.4 Å². The van der Waals surface area contributed by atoms with Crippen molar-refractivity contribution in [2.75, 3.05) is 6.54 Å². The van der Waals surface area contributed by atoms with Crippen LogP contribution in [0.3, 0.4) is 0 Å². The van der Waals surface area contributed by atoms with Crippen LogP contribution in [-0.4, -0.2) is 28.6 Å². The van der Waals surface area contributed by atoms with E-state index in [-0.39, 0.29) is 29.1 Å². The highest BCUT2D eigenvalue weighted by atomic mass is 19.1. The van der Waals surface area contributed by atoms with Crippen molar-refractivity contribution < 1.29 is 13.6 Å². The molecule has 3 N–H and O–H groups in total. The summed E-state index contributed by atoms with van der Waals surface area (Å²) in [5.41, 5.74) is 2.30. The van der Waals surface area contributed by atoms with Crippen LogP contribution < -0.4 is 16.2 Å². The van der Waals surface area contributed by atoms with Gasteiger partial charge in [0.15, 0.2) is 0 Å². The number of H-pyrrole nitrogens is 1. The zero-order valence-corrected chi connectivity index (χ0v) is 18.8. The lowest BCUT2D eigenvalue weighted by Gasteiger charge is -2.10. The van der Waals surface area contributed by atoms with Crippen LogP contribution in [0.1, 0.15) is 23.7 Å². The molecule has 0 fully saturated rings. The molecule has 1 aliphatic rings. The minimum Gasteiger partial charge on any atom is -0.338 e. The fourth-order valence-electron chi connectivity index (χ4n) is 4.22. The third-order valence-electron chi connectivity index (χ3n) is 5.84. The van der Waals surface area contributed by atoms with Crippen LogP contribution in [0.15, 0.2) is 64.4 Å². The molecule has 0 radical (unpaired) electrons. The number of carbonyl (C=O) groups is 1. The van der Waals surface area contributed by atoms with Gasteiger partial charge in [0, 0.05) is 35.9 Å². The molecule has 3 aromatic carbocycles. The Labute approximate surface area is 198 Å². The van der Waals surface area contributed by atoms with Crippen molar-refractivity contribution in [1.29, 1.82) is 0 Å². The topological polar surface area (TPSA) is 99.2 Å². The van der Waals surface area contributed by atoms with Gasteiger partial charge in [-0.3, -0.25) is 10.1 Å². The second-order valence-corrected chi connectivity index (χ2v) is 8.22. The third-order valence-corrected chi connectivity index (χ3v) is 5.84. The maximum Gasteiger partial charge on any atom is 0.320 e. The first-order valence-corrected chi connectivity index (χ1v) is 11.1. The SMILES string of the molecule is CCNC(=O)NC1=Nc2cc(-c3cc(Cc4n[nH]c(=O)c5ccccc45)ccc3F)c(F)cc2C1. The predicted octanol–water partition coefficient (Wildman–Crippen LogP) is 4.36. The maximum absolute atomic E-state index is 15.1. The Kier molecular flexibility index (Phi) is 5.82. The normalized spacial score (nSPS) is 12.4. The monoisotopic (exact) mass is 473 g/mol. The number of hydrogen-bond donors (Lipinski definition) is 3. The van der Waals surface area contributed by atoms with Gasteiger partial charge in [-0.05, 0) is 48.4 Å². The van der Waals surface area contributed by atoms with Gasteiger partial charge in [-0.15, -0.1) is 0 Å². The van der Waals surface area contributed by atoms with E-state index in [0.29, 0.717) is 52.1 Å². The van der Waals surface area contributed by atoms with E-state index in [2.05, 4.69) is 25.8 Å². The van der Waals surface area contributed by atoms with Gasteiger partial charge in [-0.2, -0.15) is 5.10 Å². The van der Waals surface area contributed by atoms with Crippen molar-refractivity contribution in [2.45, 2.75) is 19.8 Å². The number of fused-ring (bicyclic) bond motifs is 2. The summed E-state index contributed by atoms with van der Waals surface area (Å²) >= 11 is 0. The second kappa shape index (κ2) is 9.09. The van der Waals surface area contributed by atoms with Crippen molar-refractivity contribution in [3.8, 4) is 11.1 Å². The van der Waals surface area contributed by atoms with Crippen LogP contribution in [0, 0.1) is 11.6 Å². The molecule has 1 aliphatic heterocycles. The summed E-state index contributed by atoms with van der Waals surface area (Å²) in [5, 5.41) is 13.1. The number of urea groups is 1. The summed E-state index contributed by atoms with van der Waals surface area (Å²) in [6, 6.07) is 14.0. The van der Waals surface area contributed by atoms with Crippen molar-refractivity contribution in [3.63, 3.8) is 0 Å². The molecule has 0 saturated heterocycles. The van der Waals surface area contributed by atoms with E-state index >= 15 is 4.39 Å². The van der Waals surface area contributed by atoms with E-state index in [9.17, 15) is 14.0 Å². The van der Waals surface area contributed by atoms with Gasteiger partial charge < -0.3 is 5.32 Å². The molecule has 2 heterocycles. The molecule has 1 aromatic heterocycles. The number of aromatic nitrogens is 2. The molecule has 0 unspecified atom stereocenters. The van der Waals surface area contributed by atoms with E-state index in [0.717, 1.165) is 0 Å². The van der Waals surface area contributed by atoms with Crippen LogP contribution in [0.2, 0.25) is 0 Å². The second-order valence-electron chi connectivity index (χ2n) is 8.22. The summed E-state index contributed by atoms with van der Waals surface area (Å²) < 4.78 is 29.9. The summed E-state index contributed by atoms with van der Waals surface area (Å²) in [6.07, 6.45) is 0.590. The van der Waals surface area contributed by atoms with Crippen molar-refractivity contribution in [2.24, 2.45) is 4.99 Å². The minimum absolute atomic E-state index is 0.0744. The Morgan fingerprint density at radius 1 is 1.03 bits per heavy atom. The van der Waals surface area contributed by atoms with Crippen LogP contribution in [-0.2, 0) is 12.8 Å². The number of carbonyl (C=O) groups excluding carboxylic acids is 1. The van der Waals surface area contributed by atoms with Gasteiger partial charge in [0.1, 0.15) is 17.5 Å². The first-order valence-electron chi connectivity index (χ1n) is 11.1. The minimum atomic E-state index is -0.582. The molecule has 0 bridgehead atoms. The Morgan fingerprint density at radius 2 is 1.80 bits per heavy atom. The molecule has 176 valence electrons. The van der Waals surface area contributed by atoms with Gasteiger partial charge in [0.2, 0.25) is 0 Å². The quantitative estimate of drug-likeness (QED) is 0.411. The summed E-state index contributed by atoms with van der Waals surface area (Å²) in [6.45, 7) is 2.26. The summed E-state index contributed by atoms with van der Waals surface area (Å²) in [7, 11) is 0. The highest BCUT2D eigenvalue weighted by Gasteiger charge is 2.21. The van der Waals surface area contributed by atoms with Crippen LogP contribution in [0.5, 0.6) is 0 Å². The van der Waals surface area contributed by atoms with Crippen LogP contribution in [0.4, 0.5) is 19.3 Å². The standard InChI is InChI=1S/C26H21F2N5O2/c1-2-29-26(35)31-24-12-15-11-21(28)19(13-22(15)30-24)18-9-14(7-8-20(18)27)10-23-16-5-3-4-6-17(16)25(34)33-32-23/h3-9,11,13H,2,10,12H2,1H3,(H,33,34)(H2,29,30,31,35). The lowest BCUT2D eigenvalue weighted by Crippen LogP contribution is -2.39.